The number of aromatic nitrogens is 1. The Morgan fingerprint density at radius 1 is 0.837 bits per heavy atom. The van der Waals surface area contributed by atoms with Crippen LogP contribution in [0.2, 0.25) is 0 Å². The molecule has 0 atom stereocenters. The van der Waals surface area contributed by atoms with Crippen LogP contribution in [-0.4, -0.2) is 45.9 Å². The standard InChI is InChI=1S/C31H28F6N4O2/c32-30(33,34)22-7-5-20(6-8-22)18-40(16-15-21-17-38-27-4-2-1-3-26(21)27)28(42)19-41(25-13-14-25)29(43)39-24-11-9-23(10-12-24)31(35,36)37/h1-12,17,25,38H,13-16,18-19H2,(H,39,43). The SMILES string of the molecule is O=C(CN(C(=O)Nc1ccc(C(F)(F)F)cc1)C1CC1)N(CCc1c[nH]c2ccccc12)Cc1ccc(C(F)(F)F)cc1. The van der Waals surface area contributed by atoms with Crippen LogP contribution in [0.15, 0.2) is 79.0 Å². The highest BCUT2D eigenvalue weighted by atomic mass is 19.4. The second-order valence-electron chi connectivity index (χ2n) is 10.5. The summed E-state index contributed by atoms with van der Waals surface area (Å²) >= 11 is 0. The monoisotopic (exact) mass is 602 g/mol. The van der Waals surface area contributed by atoms with E-state index in [1.54, 1.807) is 0 Å². The first-order chi connectivity index (χ1) is 20.4. The molecule has 2 N–H and O–H groups in total. The molecule has 12 heteroatoms. The molecule has 0 radical (unpaired) electrons. The third-order valence-electron chi connectivity index (χ3n) is 7.35. The number of alkyl halides is 6. The molecular weight excluding hydrogens is 574 g/mol. The van der Waals surface area contributed by atoms with E-state index in [9.17, 15) is 35.9 Å². The molecule has 1 aliphatic carbocycles. The Morgan fingerprint density at radius 3 is 2.05 bits per heavy atom. The predicted octanol–water partition coefficient (Wildman–Crippen LogP) is 7.47. The van der Waals surface area contributed by atoms with Crippen molar-refractivity contribution in [2.45, 2.75) is 44.2 Å². The summed E-state index contributed by atoms with van der Waals surface area (Å²) in [5.41, 5.74) is 0.879. The number of nitrogens with zero attached hydrogens (tertiary/aromatic N) is 2. The van der Waals surface area contributed by atoms with E-state index in [0.717, 1.165) is 52.9 Å². The second kappa shape index (κ2) is 12.0. The number of carbonyl (C=O) groups is 2. The second-order valence-corrected chi connectivity index (χ2v) is 10.5. The van der Waals surface area contributed by atoms with E-state index in [1.807, 2.05) is 30.5 Å². The van der Waals surface area contributed by atoms with Crippen molar-refractivity contribution < 1.29 is 35.9 Å². The highest BCUT2D eigenvalue weighted by molar-refractivity contribution is 5.93. The van der Waals surface area contributed by atoms with Gasteiger partial charge in [0.1, 0.15) is 6.54 Å². The summed E-state index contributed by atoms with van der Waals surface area (Å²) in [4.78, 5) is 32.8. The number of halogens is 6. The van der Waals surface area contributed by atoms with Gasteiger partial charge in [0.05, 0.1) is 11.1 Å². The number of benzene rings is 3. The van der Waals surface area contributed by atoms with Crippen molar-refractivity contribution >= 4 is 28.5 Å². The number of hydrogen-bond donors (Lipinski definition) is 2. The van der Waals surface area contributed by atoms with Gasteiger partial charge in [-0.05, 0) is 72.9 Å². The number of hydrogen-bond acceptors (Lipinski definition) is 2. The van der Waals surface area contributed by atoms with Gasteiger partial charge in [0, 0.05) is 41.9 Å². The lowest BCUT2D eigenvalue weighted by atomic mass is 10.1. The molecule has 0 aliphatic heterocycles. The largest absolute Gasteiger partial charge is 0.416 e. The van der Waals surface area contributed by atoms with Crippen molar-refractivity contribution in [3.05, 3.63) is 101 Å². The number of anilines is 1. The minimum atomic E-state index is -4.52. The topological polar surface area (TPSA) is 68.4 Å². The van der Waals surface area contributed by atoms with Crippen LogP contribution in [-0.2, 0) is 30.1 Å². The van der Waals surface area contributed by atoms with Crippen molar-refractivity contribution in [3.8, 4) is 0 Å². The number of H-pyrrole nitrogens is 1. The van der Waals surface area contributed by atoms with Gasteiger partial charge < -0.3 is 20.1 Å². The summed E-state index contributed by atoms with van der Waals surface area (Å²) in [6, 6.07) is 15.4. The third kappa shape index (κ3) is 7.49. The molecular formula is C31H28F6N4O2. The van der Waals surface area contributed by atoms with E-state index in [-0.39, 0.29) is 31.4 Å². The van der Waals surface area contributed by atoms with Gasteiger partial charge in [0.2, 0.25) is 5.91 Å². The van der Waals surface area contributed by atoms with Crippen molar-refractivity contribution in [3.63, 3.8) is 0 Å². The van der Waals surface area contributed by atoms with Gasteiger partial charge in [-0.1, -0.05) is 30.3 Å². The first-order valence-electron chi connectivity index (χ1n) is 13.6. The number of rotatable bonds is 9. The Hall–Kier alpha value is -4.48. The Balaban J connectivity index is 1.32. The molecule has 3 amide bonds. The molecule has 6 nitrogen and oxygen atoms in total. The van der Waals surface area contributed by atoms with E-state index in [4.69, 9.17) is 0 Å². The lowest BCUT2D eigenvalue weighted by molar-refractivity contribution is -0.138. The Bertz CT molecular complexity index is 1580. The molecule has 1 saturated carbocycles. The minimum Gasteiger partial charge on any atom is -0.361 e. The van der Waals surface area contributed by atoms with Gasteiger partial charge in [-0.2, -0.15) is 26.3 Å². The van der Waals surface area contributed by atoms with E-state index in [0.29, 0.717) is 24.8 Å². The third-order valence-corrected chi connectivity index (χ3v) is 7.35. The highest BCUT2D eigenvalue weighted by Gasteiger charge is 2.36. The van der Waals surface area contributed by atoms with Gasteiger partial charge in [-0.3, -0.25) is 4.79 Å². The van der Waals surface area contributed by atoms with Crippen LogP contribution < -0.4 is 5.32 Å². The molecule has 5 rings (SSSR count). The molecule has 0 unspecified atom stereocenters. The quantitative estimate of drug-likeness (QED) is 0.195. The molecule has 226 valence electrons. The summed E-state index contributed by atoms with van der Waals surface area (Å²) < 4.78 is 78.0. The summed E-state index contributed by atoms with van der Waals surface area (Å²) in [6.07, 6.45) is -5.37. The van der Waals surface area contributed by atoms with Crippen molar-refractivity contribution in [1.29, 1.82) is 0 Å². The van der Waals surface area contributed by atoms with Crippen LogP contribution in [0.4, 0.5) is 36.8 Å². The number of amides is 3. The molecule has 1 fully saturated rings. The number of aromatic amines is 1. The molecule has 0 spiro atoms. The predicted molar refractivity (Wildman–Crippen MR) is 149 cm³/mol. The molecule has 0 saturated heterocycles. The first kappa shape index (κ1) is 30.0. The van der Waals surface area contributed by atoms with Crippen LogP contribution in [0.3, 0.4) is 0 Å². The summed E-state index contributed by atoms with van der Waals surface area (Å²) in [5, 5.41) is 3.56. The van der Waals surface area contributed by atoms with Crippen LogP contribution in [0.5, 0.6) is 0 Å². The molecule has 4 aromatic rings. The van der Waals surface area contributed by atoms with Gasteiger partial charge in [0.25, 0.3) is 0 Å². The number of fused-ring (bicyclic) bond motifs is 1. The zero-order valence-electron chi connectivity index (χ0n) is 22.8. The fourth-order valence-electron chi connectivity index (χ4n) is 4.84. The molecule has 1 heterocycles. The van der Waals surface area contributed by atoms with E-state index >= 15 is 0 Å². The molecule has 1 aromatic heterocycles. The summed E-state index contributed by atoms with van der Waals surface area (Å²) in [7, 11) is 0. The normalized spacial score (nSPS) is 13.6. The average Bonchev–Trinajstić information content (AvgIpc) is 3.72. The Morgan fingerprint density at radius 2 is 1.44 bits per heavy atom. The first-order valence-corrected chi connectivity index (χ1v) is 13.6. The van der Waals surface area contributed by atoms with Crippen LogP contribution in [0, 0.1) is 0 Å². The van der Waals surface area contributed by atoms with Crippen molar-refractivity contribution in [2.75, 3.05) is 18.4 Å². The summed E-state index contributed by atoms with van der Waals surface area (Å²) in [6.45, 7) is -0.0370. The number of para-hydroxylation sites is 1. The Labute approximate surface area is 243 Å². The maximum Gasteiger partial charge on any atom is 0.416 e. The molecule has 0 bridgehead atoms. The molecule has 43 heavy (non-hydrogen) atoms. The van der Waals surface area contributed by atoms with Gasteiger partial charge in [-0.25, -0.2) is 4.79 Å². The van der Waals surface area contributed by atoms with Crippen LogP contribution in [0.25, 0.3) is 10.9 Å². The minimum absolute atomic E-state index is 0.0261. The summed E-state index contributed by atoms with van der Waals surface area (Å²) in [5.74, 6) is -0.408. The molecule has 3 aromatic carbocycles. The van der Waals surface area contributed by atoms with Crippen LogP contribution in [0.1, 0.15) is 35.1 Å². The number of nitrogens with one attached hydrogen (secondary N) is 2. The number of urea groups is 1. The fourth-order valence-corrected chi connectivity index (χ4v) is 4.84. The van der Waals surface area contributed by atoms with Crippen molar-refractivity contribution in [1.82, 2.24) is 14.8 Å². The number of carbonyl (C=O) groups excluding carboxylic acids is 2. The zero-order valence-corrected chi connectivity index (χ0v) is 22.8. The van der Waals surface area contributed by atoms with Gasteiger partial charge >= 0.3 is 18.4 Å². The zero-order chi connectivity index (χ0) is 30.8. The molecule has 1 aliphatic rings. The van der Waals surface area contributed by atoms with E-state index < -0.39 is 35.4 Å². The average molecular weight is 603 g/mol. The van der Waals surface area contributed by atoms with Crippen molar-refractivity contribution in [2.24, 2.45) is 0 Å². The lowest BCUT2D eigenvalue weighted by Crippen LogP contribution is -2.45. The maximum absolute atomic E-state index is 13.6. The van der Waals surface area contributed by atoms with E-state index in [1.165, 1.54) is 21.9 Å². The van der Waals surface area contributed by atoms with E-state index in [2.05, 4.69) is 10.3 Å². The van der Waals surface area contributed by atoms with Crippen LogP contribution >= 0.6 is 0 Å². The highest BCUT2D eigenvalue weighted by Crippen LogP contribution is 2.32. The smallest absolute Gasteiger partial charge is 0.361 e. The van der Waals surface area contributed by atoms with Gasteiger partial charge in [0.15, 0.2) is 0 Å². The lowest BCUT2D eigenvalue weighted by Gasteiger charge is -2.28. The Kier molecular flexibility index (Phi) is 8.38. The van der Waals surface area contributed by atoms with Gasteiger partial charge in [-0.15, -0.1) is 0 Å². The maximum atomic E-state index is 13.6. The fraction of sp³-hybridized carbons (Fsp3) is 0.290.